The van der Waals surface area contributed by atoms with Gasteiger partial charge in [0.2, 0.25) is 15.9 Å². The number of para-hydroxylation sites is 2. The van der Waals surface area contributed by atoms with E-state index in [1.165, 1.54) is 22.5 Å². The van der Waals surface area contributed by atoms with Crippen LogP contribution in [0.25, 0.3) is 17.1 Å². The van der Waals surface area contributed by atoms with Crippen LogP contribution in [-0.4, -0.2) is 72.1 Å². The Morgan fingerprint density at radius 2 is 1.80 bits per heavy atom. The van der Waals surface area contributed by atoms with Crippen molar-refractivity contribution in [3.63, 3.8) is 0 Å². The van der Waals surface area contributed by atoms with Gasteiger partial charge in [0.25, 0.3) is 0 Å². The highest BCUT2D eigenvalue weighted by Gasteiger charge is 2.27. The molecular weight excluding hydrogens is 569 g/mol. The number of hydrogen-bond donors (Lipinski definition) is 1. The van der Waals surface area contributed by atoms with Crippen LogP contribution in [0.1, 0.15) is 6.92 Å². The number of anilines is 1. The molecule has 1 aliphatic rings. The summed E-state index contributed by atoms with van der Waals surface area (Å²) in [5.74, 6) is 0.224. The van der Waals surface area contributed by atoms with Gasteiger partial charge in [-0.2, -0.15) is 4.31 Å². The second kappa shape index (κ2) is 12.8. The minimum absolute atomic E-state index is 0.00520. The van der Waals surface area contributed by atoms with Crippen molar-refractivity contribution in [3.8, 4) is 22.8 Å². The van der Waals surface area contributed by atoms with Crippen molar-refractivity contribution in [2.75, 3.05) is 44.0 Å². The summed E-state index contributed by atoms with van der Waals surface area (Å²) in [5, 5.41) is 11.9. The minimum atomic E-state index is -3.75. The van der Waals surface area contributed by atoms with Gasteiger partial charge in [-0.3, -0.25) is 9.36 Å². The number of halogens is 1. The van der Waals surface area contributed by atoms with Gasteiger partial charge in [-0.25, -0.2) is 12.8 Å². The van der Waals surface area contributed by atoms with Crippen LogP contribution < -0.4 is 10.1 Å². The van der Waals surface area contributed by atoms with E-state index in [0.29, 0.717) is 53.5 Å². The third-order valence-corrected chi connectivity index (χ3v) is 9.04. The van der Waals surface area contributed by atoms with Crippen LogP contribution in [0.5, 0.6) is 5.75 Å². The molecule has 1 aromatic heterocycles. The van der Waals surface area contributed by atoms with Crippen LogP contribution in [0.15, 0.2) is 82.8 Å². The van der Waals surface area contributed by atoms with Crippen molar-refractivity contribution >= 4 is 33.4 Å². The lowest BCUT2D eigenvalue weighted by Gasteiger charge is -2.26. The molecular formula is C28H28FN5O5S2. The van der Waals surface area contributed by atoms with Crippen LogP contribution in [0.2, 0.25) is 0 Å². The fraction of sp³-hybridized carbons (Fsp3) is 0.250. The van der Waals surface area contributed by atoms with Crippen LogP contribution >= 0.6 is 11.8 Å². The normalized spacial score (nSPS) is 14.1. The Labute approximate surface area is 241 Å². The third kappa shape index (κ3) is 6.59. The third-order valence-electron chi connectivity index (χ3n) is 6.21. The van der Waals surface area contributed by atoms with Crippen LogP contribution in [0.4, 0.5) is 10.1 Å². The molecule has 4 aromatic rings. The number of thioether (sulfide) groups is 1. The Balaban J connectivity index is 1.44. The van der Waals surface area contributed by atoms with Gasteiger partial charge in [0, 0.05) is 24.3 Å². The summed E-state index contributed by atoms with van der Waals surface area (Å²) in [6.45, 7) is 3.54. The average Bonchev–Trinajstić information content (AvgIpc) is 3.42. The maximum atomic E-state index is 13.8. The molecule has 10 nitrogen and oxygen atoms in total. The lowest BCUT2D eigenvalue weighted by molar-refractivity contribution is -0.113. The number of sulfonamides is 1. The molecule has 0 radical (unpaired) electrons. The molecule has 2 heterocycles. The number of aromatic nitrogens is 3. The second-order valence-electron chi connectivity index (χ2n) is 8.93. The van der Waals surface area contributed by atoms with Gasteiger partial charge in [-0.15, -0.1) is 10.2 Å². The topological polar surface area (TPSA) is 116 Å². The predicted molar refractivity (Wildman–Crippen MR) is 153 cm³/mol. The molecule has 1 amide bonds. The van der Waals surface area contributed by atoms with E-state index < -0.39 is 15.8 Å². The molecule has 1 saturated heterocycles. The van der Waals surface area contributed by atoms with Crippen LogP contribution in [0.3, 0.4) is 0 Å². The Kier molecular flexibility index (Phi) is 8.98. The second-order valence-corrected chi connectivity index (χ2v) is 11.8. The first-order chi connectivity index (χ1) is 19.9. The number of morpholine rings is 1. The molecule has 5 rings (SSSR count). The number of carbonyl (C=O) groups is 1. The van der Waals surface area contributed by atoms with E-state index in [0.717, 1.165) is 11.8 Å². The van der Waals surface area contributed by atoms with Gasteiger partial charge in [-0.1, -0.05) is 36.0 Å². The van der Waals surface area contributed by atoms with Gasteiger partial charge in [-0.05, 0) is 55.5 Å². The standard InChI is InChI=1S/C28H28FN5O5S2/c1-2-39-25-9-4-3-8-24(25)30-26(35)19-40-28-32-31-27(34(28)22-12-10-21(29)11-13-22)20-6-5-7-23(18-20)41(36,37)33-14-16-38-17-15-33/h3-13,18H,2,14-17,19H2,1H3,(H,30,35). The van der Waals surface area contributed by atoms with E-state index in [-0.39, 0.29) is 29.6 Å². The number of amides is 1. The number of hydrogen-bond acceptors (Lipinski definition) is 8. The zero-order valence-corrected chi connectivity index (χ0v) is 23.8. The zero-order valence-electron chi connectivity index (χ0n) is 22.2. The molecule has 0 aliphatic carbocycles. The highest BCUT2D eigenvalue weighted by atomic mass is 32.2. The molecule has 0 saturated carbocycles. The first-order valence-corrected chi connectivity index (χ1v) is 15.3. The molecule has 41 heavy (non-hydrogen) atoms. The van der Waals surface area contributed by atoms with Crippen molar-refractivity contribution in [2.45, 2.75) is 17.0 Å². The quantitative estimate of drug-likeness (QED) is 0.270. The number of carbonyl (C=O) groups excluding carboxylic acids is 1. The fourth-order valence-corrected chi connectivity index (χ4v) is 6.48. The summed E-state index contributed by atoms with van der Waals surface area (Å²) >= 11 is 1.14. The zero-order chi connectivity index (χ0) is 28.8. The summed E-state index contributed by atoms with van der Waals surface area (Å²) < 4.78 is 54.3. The Morgan fingerprint density at radius 1 is 1.05 bits per heavy atom. The van der Waals surface area contributed by atoms with Crippen LogP contribution in [-0.2, 0) is 19.6 Å². The Morgan fingerprint density at radius 3 is 2.56 bits per heavy atom. The van der Waals surface area contributed by atoms with E-state index in [1.807, 2.05) is 13.0 Å². The first-order valence-electron chi connectivity index (χ1n) is 12.9. The molecule has 0 spiro atoms. The van der Waals surface area contributed by atoms with Crippen LogP contribution in [0, 0.1) is 5.82 Å². The SMILES string of the molecule is CCOc1ccccc1NC(=O)CSc1nnc(-c2cccc(S(=O)(=O)N3CCOCC3)c2)n1-c1ccc(F)cc1. The highest BCUT2D eigenvalue weighted by molar-refractivity contribution is 7.99. The first kappa shape index (κ1) is 28.7. The molecule has 0 bridgehead atoms. The largest absolute Gasteiger partial charge is 0.492 e. The lowest BCUT2D eigenvalue weighted by atomic mass is 10.2. The van der Waals surface area contributed by atoms with Gasteiger partial charge in [0.05, 0.1) is 36.2 Å². The van der Waals surface area contributed by atoms with Gasteiger partial charge >= 0.3 is 0 Å². The average molecular weight is 598 g/mol. The van der Waals surface area contributed by atoms with E-state index >= 15 is 0 Å². The number of benzene rings is 3. The summed E-state index contributed by atoms with van der Waals surface area (Å²) in [7, 11) is -3.75. The van der Waals surface area contributed by atoms with E-state index in [4.69, 9.17) is 9.47 Å². The Hall–Kier alpha value is -3.78. The van der Waals surface area contributed by atoms with Gasteiger partial charge < -0.3 is 14.8 Å². The van der Waals surface area contributed by atoms with E-state index in [2.05, 4.69) is 15.5 Å². The molecule has 13 heteroatoms. The Bertz CT molecular complexity index is 1620. The summed E-state index contributed by atoms with van der Waals surface area (Å²) in [4.78, 5) is 13.0. The van der Waals surface area contributed by atoms with Crippen molar-refractivity contribution in [2.24, 2.45) is 0 Å². The predicted octanol–water partition coefficient (Wildman–Crippen LogP) is 4.22. The van der Waals surface area contributed by atoms with Gasteiger partial charge in [0.1, 0.15) is 11.6 Å². The number of ether oxygens (including phenoxy) is 2. The highest BCUT2D eigenvalue weighted by Crippen LogP contribution is 2.31. The smallest absolute Gasteiger partial charge is 0.243 e. The minimum Gasteiger partial charge on any atom is -0.492 e. The van der Waals surface area contributed by atoms with E-state index in [1.54, 1.807) is 53.1 Å². The maximum absolute atomic E-state index is 13.8. The molecule has 3 aromatic carbocycles. The summed E-state index contributed by atoms with van der Waals surface area (Å²) in [6.07, 6.45) is 0. The van der Waals surface area contributed by atoms with Crippen molar-refractivity contribution in [1.29, 1.82) is 0 Å². The number of rotatable bonds is 10. The fourth-order valence-electron chi connectivity index (χ4n) is 4.27. The van der Waals surface area contributed by atoms with E-state index in [9.17, 15) is 17.6 Å². The maximum Gasteiger partial charge on any atom is 0.243 e. The molecule has 1 fully saturated rings. The summed E-state index contributed by atoms with van der Waals surface area (Å²) in [5.41, 5.74) is 1.61. The molecule has 214 valence electrons. The monoisotopic (exact) mass is 597 g/mol. The van der Waals surface area contributed by atoms with Gasteiger partial charge in [0.15, 0.2) is 11.0 Å². The number of nitrogens with one attached hydrogen (secondary N) is 1. The molecule has 0 atom stereocenters. The van der Waals surface area contributed by atoms with Crippen molar-refractivity contribution < 1.29 is 27.1 Å². The molecule has 1 aliphatic heterocycles. The number of nitrogens with zero attached hydrogens (tertiary/aromatic N) is 4. The lowest BCUT2D eigenvalue weighted by Crippen LogP contribution is -2.40. The van der Waals surface area contributed by atoms with Crippen molar-refractivity contribution in [3.05, 3.63) is 78.6 Å². The summed E-state index contributed by atoms with van der Waals surface area (Å²) in [6, 6.07) is 19.4. The molecule has 0 unspecified atom stereocenters. The molecule has 1 N–H and O–H groups in total. The van der Waals surface area contributed by atoms with Crippen molar-refractivity contribution in [1.82, 2.24) is 19.1 Å².